The van der Waals surface area contributed by atoms with Gasteiger partial charge in [-0.2, -0.15) is 0 Å². The number of phenolic OH excluding ortho intramolecular Hbond substituents is 1. The van der Waals surface area contributed by atoms with Crippen LogP contribution in [0.2, 0.25) is 0 Å². The fourth-order valence-corrected chi connectivity index (χ4v) is 5.55. The van der Waals surface area contributed by atoms with Gasteiger partial charge < -0.3 is 20.5 Å². The standard InChI is InChI=1S/C23H23N3O3S/c1-29-17-9-5-8-16(20(17)27)21-24-22(28)19-15-10-11-26(12-14-6-3-2-4-7-14)13-18(15)30-23(19)25-21/h2-9,21,25,27H,10-13H2,1H3,(H,24,28). The molecular formula is C23H23N3O3S. The number of para-hydroxylation sites is 1. The molecule has 0 saturated carbocycles. The number of hydrogen-bond acceptors (Lipinski definition) is 6. The summed E-state index contributed by atoms with van der Waals surface area (Å²) in [7, 11) is 1.51. The van der Waals surface area contributed by atoms with Gasteiger partial charge in [-0.1, -0.05) is 42.5 Å². The number of ether oxygens (including phenoxy) is 1. The van der Waals surface area contributed by atoms with Gasteiger partial charge in [0, 0.05) is 30.1 Å². The highest BCUT2D eigenvalue weighted by atomic mass is 32.1. The number of carbonyl (C=O) groups excluding carboxylic acids is 1. The highest BCUT2D eigenvalue weighted by Gasteiger charge is 2.34. The third-order valence-electron chi connectivity index (χ3n) is 5.72. The molecule has 2 aromatic carbocycles. The number of carbonyl (C=O) groups is 1. The van der Waals surface area contributed by atoms with Crippen molar-refractivity contribution in [1.82, 2.24) is 10.2 Å². The minimum atomic E-state index is -0.499. The topological polar surface area (TPSA) is 73.8 Å². The van der Waals surface area contributed by atoms with Crippen molar-refractivity contribution in [2.45, 2.75) is 25.7 Å². The van der Waals surface area contributed by atoms with E-state index < -0.39 is 6.17 Å². The molecule has 6 nitrogen and oxygen atoms in total. The van der Waals surface area contributed by atoms with E-state index >= 15 is 0 Å². The Morgan fingerprint density at radius 2 is 2.00 bits per heavy atom. The lowest BCUT2D eigenvalue weighted by Crippen LogP contribution is -2.38. The maximum absolute atomic E-state index is 13.0. The molecule has 7 heteroatoms. The molecule has 0 radical (unpaired) electrons. The van der Waals surface area contributed by atoms with E-state index in [1.807, 2.05) is 6.07 Å². The van der Waals surface area contributed by atoms with Crippen molar-refractivity contribution in [2.24, 2.45) is 0 Å². The predicted octanol–water partition coefficient (Wildman–Crippen LogP) is 3.87. The van der Waals surface area contributed by atoms with Gasteiger partial charge >= 0.3 is 0 Å². The van der Waals surface area contributed by atoms with Crippen molar-refractivity contribution in [2.75, 3.05) is 19.0 Å². The van der Waals surface area contributed by atoms with Crippen LogP contribution in [0.3, 0.4) is 0 Å². The van der Waals surface area contributed by atoms with Crippen molar-refractivity contribution >= 4 is 22.2 Å². The molecule has 5 rings (SSSR count). The fourth-order valence-electron chi connectivity index (χ4n) is 4.24. The summed E-state index contributed by atoms with van der Waals surface area (Å²) in [4.78, 5) is 16.6. The van der Waals surface area contributed by atoms with Crippen molar-refractivity contribution in [3.05, 3.63) is 75.7 Å². The van der Waals surface area contributed by atoms with E-state index in [1.165, 1.54) is 17.6 Å². The fraction of sp³-hybridized carbons (Fsp3) is 0.261. The second-order valence-corrected chi connectivity index (χ2v) is 8.71. The number of amides is 1. The summed E-state index contributed by atoms with van der Waals surface area (Å²) in [6.07, 6.45) is 0.360. The average Bonchev–Trinajstić information content (AvgIpc) is 3.12. The number of methoxy groups -OCH3 is 1. The Morgan fingerprint density at radius 1 is 1.17 bits per heavy atom. The van der Waals surface area contributed by atoms with E-state index in [1.54, 1.807) is 29.5 Å². The van der Waals surface area contributed by atoms with Crippen LogP contribution in [0.1, 0.15) is 38.1 Å². The summed E-state index contributed by atoms with van der Waals surface area (Å²) in [5.74, 6) is 0.331. The zero-order valence-corrected chi connectivity index (χ0v) is 17.5. The second kappa shape index (κ2) is 7.66. The maximum Gasteiger partial charge on any atom is 0.256 e. The van der Waals surface area contributed by atoms with Crippen LogP contribution in [-0.4, -0.2) is 29.6 Å². The number of rotatable bonds is 4. The molecule has 1 aromatic heterocycles. The molecule has 2 aliphatic rings. The summed E-state index contributed by atoms with van der Waals surface area (Å²) in [5.41, 5.74) is 3.79. The van der Waals surface area contributed by atoms with Crippen molar-refractivity contribution in [3.63, 3.8) is 0 Å². The number of benzene rings is 2. The minimum Gasteiger partial charge on any atom is -0.504 e. The van der Waals surface area contributed by atoms with Crippen LogP contribution in [0.5, 0.6) is 11.5 Å². The molecule has 154 valence electrons. The summed E-state index contributed by atoms with van der Waals surface area (Å²) in [6.45, 7) is 2.67. The highest BCUT2D eigenvalue weighted by Crippen LogP contribution is 2.43. The predicted molar refractivity (Wildman–Crippen MR) is 117 cm³/mol. The summed E-state index contributed by atoms with van der Waals surface area (Å²) < 4.78 is 5.21. The number of anilines is 1. The highest BCUT2D eigenvalue weighted by molar-refractivity contribution is 7.16. The molecule has 1 amide bonds. The average molecular weight is 422 g/mol. The molecule has 0 aliphatic carbocycles. The number of thiophene rings is 1. The molecule has 0 fully saturated rings. The maximum atomic E-state index is 13.0. The molecule has 30 heavy (non-hydrogen) atoms. The van der Waals surface area contributed by atoms with E-state index in [4.69, 9.17) is 4.74 Å². The molecule has 0 saturated heterocycles. The minimum absolute atomic E-state index is 0.0385. The normalized spacial score (nSPS) is 18.2. The third kappa shape index (κ3) is 3.30. The first-order valence-corrected chi connectivity index (χ1v) is 10.8. The SMILES string of the molecule is COc1cccc(C2NC(=O)c3c(sc4c3CCN(Cc3ccccc3)C4)N2)c1O. The van der Waals surface area contributed by atoms with Gasteiger partial charge in [-0.3, -0.25) is 9.69 Å². The van der Waals surface area contributed by atoms with Crippen LogP contribution in [0.25, 0.3) is 0 Å². The monoisotopic (exact) mass is 421 g/mol. The van der Waals surface area contributed by atoms with Crippen LogP contribution in [0, 0.1) is 0 Å². The number of phenols is 1. The van der Waals surface area contributed by atoms with E-state index in [0.717, 1.165) is 42.2 Å². The largest absolute Gasteiger partial charge is 0.504 e. The van der Waals surface area contributed by atoms with Gasteiger partial charge in [0.1, 0.15) is 11.2 Å². The summed E-state index contributed by atoms with van der Waals surface area (Å²) in [6, 6.07) is 15.7. The van der Waals surface area contributed by atoms with Gasteiger partial charge in [-0.25, -0.2) is 0 Å². The Hall–Kier alpha value is -3.03. The summed E-state index contributed by atoms with van der Waals surface area (Å²) in [5, 5.41) is 17.8. The quantitative estimate of drug-likeness (QED) is 0.596. The van der Waals surface area contributed by atoms with Crippen LogP contribution in [-0.2, 0) is 19.5 Å². The van der Waals surface area contributed by atoms with Gasteiger partial charge in [0.25, 0.3) is 5.91 Å². The van der Waals surface area contributed by atoms with E-state index in [2.05, 4.69) is 39.8 Å². The first-order valence-electron chi connectivity index (χ1n) is 9.98. The molecule has 1 unspecified atom stereocenters. The lowest BCUT2D eigenvalue weighted by molar-refractivity contribution is 0.0934. The molecular weight excluding hydrogens is 398 g/mol. The van der Waals surface area contributed by atoms with E-state index in [-0.39, 0.29) is 11.7 Å². The number of nitrogens with one attached hydrogen (secondary N) is 2. The summed E-state index contributed by atoms with van der Waals surface area (Å²) >= 11 is 1.64. The van der Waals surface area contributed by atoms with Gasteiger partial charge in [0.05, 0.1) is 12.7 Å². The van der Waals surface area contributed by atoms with Crippen molar-refractivity contribution < 1.29 is 14.6 Å². The first-order chi connectivity index (χ1) is 14.6. The smallest absolute Gasteiger partial charge is 0.256 e. The molecule has 1 atom stereocenters. The Bertz CT molecular complexity index is 1100. The zero-order valence-electron chi connectivity index (χ0n) is 16.6. The third-order valence-corrected chi connectivity index (χ3v) is 6.87. The number of fused-ring (bicyclic) bond motifs is 3. The zero-order chi connectivity index (χ0) is 20.7. The molecule has 0 spiro atoms. The lowest BCUT2D eigenvalue weighted by Gasteiger charge is -2.29. The van der Waals surface area contributed by atoms with Crippen LogP contribution < -0.4 is 15.4 Å². The van der Waals surface area contributed by atoms with Gasteiger partial charge in [-0.05, 0) is 23.6 Å². The number of nitrogens with zero attached hydrogens (tertiary/aromatic N) is 1. The van der Waals surface area contributed by atoms with Gasteiger partial charge in [-0.15, -0.1) is 11.3 Å². The van der Waals surface area contributed by atoms with Crippen molar-refractivity contribution in [1.29, 1.82) is 0 Å². The number of hydrogen-bond donors (Lipinski definition) is 3. The molecule has 2 aliphatic heterocycles. The second-order valence-electron chi connectivity index (χ2n) is 7.60. The Labute approximate surface area is 179 Å². The van der Waals surface area contributed by atoms with Crippen LogP contribution in [0.4, 0.5) is 5.00 Å². The lowest BCUT2D eigenvalue weighted by atomic mass is 9.99. The number of aromatic hydroxyl groups is 1. The van der Waals surface area contributed by atoms with Gasteiger partial charge in [0.15, 0.2) is 11.5 Å². The van der Waals surface area contributed by atoms with Crippen LogP contribution in [0.15, 0.2) is 48.5 Å². The Balaban J connectivity index is 1.40. The van der Waals surface area contributed by atoms with E-state index in [0.29, 0.717) is 11.3 Å². The first kappa shape index (κ1) is 19.0. The Kier molecular flexibility index (Phi) is 4.84. The van der Waals surface area contributed by atoms with E-state index in [9.17, 15) is 9.90 Å². The molecule has 3 heterocycles. The van der Waals surface area contributed by atoms with Gasteiger partial charge in [0.2, 0.25) is 0 Å². The van der Waals surface area contributed by atoms with Crippen molar-refractivity contribution in [3.8, 4) is 11.5 Å². The Morgan fingerprint density at radius 3 is 2.80 bits per heavy atom. The molecule has 0 bridgehead atoms. The molecule has 3 N–H and O–H groups in total. The molecule has 3 aromatic rings. The van der Waals surface area contributed by atoms with Crippen LogP contribution >= 0.6 is 11.3 Å².